The molecule has 116 valence electrons. The first kappa shape index (κ1) is 14.8. The molecule has 5 nitrogen and oxygen atoms in total. The second kappa shape index (κ2) is 7.20. The van der Waals surface area contributed by atoms with Crippen molar-refractivity contribution >= 4 is 11.8 Å². The Kier molecular flexibility index (Phi) is 4.83. The molecule has 0 bridgehead atoms. The third kappa shape index (κ3) is 3.93. The predicted molar refractivity (Wildman–Crippen MR) is 89.1 cm³/mol. The van der Waals surface area contributed by atoms with Crippen molar-refractivity contribution in [2.24, 2.45) is 5.92 Å². The zero-order valence-electron chi connectivity index (χ0n) is 13.1. The summed E-state index contributed by atoms with van der Waals surface area (Å²) in [6.07, 6.45) is 5.24. The highest BCUT2D eigenvalue weighted by Gasteiger charge is 2.18. The Labute approximate surface area is 131 Å². The second-order valence-corrected chi connectivity index (χ2v) is 5.99. The fourth-order valence-corrected chi connectivity index (χ4v) is 2.88. The molecule has 1 atom stereocenters. The largest absolute Gasteiger partial charge is 0.355 e. The van der Waals surface area contributed by atoms with Gasteiger partial charge in [0.2, 0.25) is 5.95 Å². The number of piperidine rings is 1. The molecule has 0 aliphatic carbocycles. The van der Waals surface area contributed by atoms with Crippen molar-refractivity contribution in [3.8, 4) is 0 Å². The van der Waals surface area contributed by atoms with E-state index >= 15 is 0 Å². The van der Waals surface area contributed by atoms with E-state index in [1.54, 1.807) is 6.20 Å². The number of hydrogen-bond donors (Lipinski definition) is 1. The van der Waals surface area contributed by atoms with Gasteiger partial charge in [-0.25, -0.2) is 0 Å². The van der Waals surface area contributed by atoms with E-state index in [1.807, 2.05) is 6.07 Å². The Bertz CT molecular complexity index is 587. The van der Waals surface area contributed by atoms with Crippen LogP contribution in [0, 0.1) is 5.92 Å². The summed E-state index contributed by atoms with van der Waals surface area (Å²) in [6, 6.07) is 10.4. The Morgan fingerprint density at radius 3 is 2.95 bits per heavy atom. The molecular weight excluding hydrogens is 274 g/mol. The summed E-state index contributed by atoms with van der Waals surface area (Å²) in [6.45, 7) is 5.22. The van der Waals surface area contributed by atoms with Gasteiger partial charge in [0.25, 0.3) is 0 Å². The van der Waals surface area contributed by atoms with Crippen LogP contribution in [0.5, 0.6) is 0 Å². The first-order valence-corrected chi connectivity index (χ1v) is 8.04. The van der Waals surface area contributed by atoms with Crippen molar-refractivity contribution in [3.05, 3.63) is 42.1 Å². The predicted octanol–water partition coefficient (Wildman–Crippen LogP) is 2.76. The van der Waals surface area contributed by atoms with Gasteiger partial charge in [-0.3, -0.25) is 0 Å². The molecule has 1 aromatic heterocycles. The van der Waals surface area contributed by atoms with E-state index in [1.165, 1.54) is 18.4 Å². The van der Waals surface area contributed by atoms with E-state index < -0.39 is 0 Å². The SMILES string of the molecule is CC1CCCN(c2cnnc(NCCc3ccccc3)n2)C1. The summed E-state index contributed by atoms with van der Waals surface area (Å²) >= 11 is 0. The van der Waals surface area contributed by atoms with Gasteiger partial charge < -0.3 is 10.2 Å². The van der Waals surface area contributed by atoms with Gasteiger partial charge in [0.15, 0.2) is 5.82 Å². The summed E-state index contributed by atoms with van der Waals surface area (Å²) < 4.78 is 0. The minimum absolute atomic E-state index is 0.617. The molecule has 0 radical (unpaired) electrons. The van der Waals surface area contributed by atoms with E-state index in [4.69, 9.17) is 0 Å². The molecule has 1 aliphatic heterocycles. The zero-order chi connectivity index (χ0) is 15.2. The Hall–Kier alpha value is -2.17. The summed E-state index contributed by atoms with van der Waals surface area (Å²) in [7, 11) is 0. The fourth-order valence-electron chi connectivity index (χ4n) is 2.88. The molecule has 1 saturated heterocycles. The molecule has 1 aliphatic rings. The summed E-state index contributed by atoms with van der Waals surface area (Å²) in [5, 5.41) is 11.5. The highest BCUT2D eigenvalue weighted by atomic mass is 15.3. The van der Waals surface area contributed by atoms with Crippen LogP contribution < -0.4 is 10.2 Å². The van der Waals surface area contributed by atoms with Crippen molar-refractivity contribution < 1.29 is 0 Å². The number of rotatable bonds is 5. The van der Waals surface area contributed by atoms with Gasteiger partial charge >= 0.3 is 0 Å². The van der Waals surface area contributed by atoms with Crippen molar-refractivity contribution in [1.82, 2.24) is 15.2 Å². The Morgan fingerprint density at radius 2 is 2.14 bits per heavy atom. The lowest BCUT2D eigenvalue weighted by Crippen LogP contribution is -2.35. The van der Waals surface area contributed by atoms with E-state index in [-0.39, 0.29) is 0 Å². The van der Waals surface area contributed by atoms with E-state index in [0.717, 1.165) is 37.8 Å². The van der Waals surface area contributed by atoms with Gasteiger partial charge in [-0.2, -0.15) is 10.1 Å². The number of nitrogens with zero attached hydrogens (tertiary/aromatic N) is 4. The van der Waals surface area contributed by atoms with Crippen LogP contribution in [0.15, 0.2) is 36.5 Å². The number of benzene rings is 1. The van der Waals surface area contributed by atoms with E-state index in [0.29, 0.717) is 5.95 Å². The minimum atomic E-state index is 0.617. The highest BCUT2D eigenvalue weighted by Crippen LogP contribution is 2.20. The van der Waals surface area contributed by atoms with Crippen LogP contribution in [0.25, 0.3) is 0 Å². The Balaban J connectivity index is 1.57. The number of nitrogens with one attached hydrogen (secondary N) is 1. The van der Waals surface area contributed by atoms with Crippen molar-refractivity contribution in [1.29, 1.82) is 0 Å². The van der Waals surface area contributed by atoms with E-state index in [2.05, 4.69) is 56.6 Å². The normalized spacial score (nSPS) is 18.2. The molecule has 2 heterocycles. The number of hydrogen-bond acceptors (Lipinski definition) is 5. The standard InChI is InChI=1S/C17H23N5/c1-14-6-5-11-22(13-14)16-12-19-21-17(20-16)18-10-9-15-7-3-2-4-8-15/h2-4,7-8,12,14H,5-6,9-11,13H2,1H3,(H,18,20,21). The number of aromatic nitrogens is 3. The number of anilines is 2. The van der Waals surface area contributed by atoms with Gasteiger partial charge in [0.1, 0.15) is 0 Å². The molecule has 0 saturated carbocycles. The van der Waals surface area contributed by atoms with Crippen LogP contribution >= 0.6 is 0 Å². The van der Waals surface area contributed by atoms with Crippen LogP contribution in [0.3, 0.4) is 0 Å². The third-order valence-electron chi connectivity index (χ3n) is 4.07. The average molecular weight is 297 g/mol. The lowest BCUT2D eigenvalue weighted by molar-refractivity contribution is 0.444. The molecule has 1 fully saturated rings. The van der Waals surface area contributed by atoms with Crippen LogP contribution in [-0.2, 0) is 6.42 Å². The second-order valence-electron chi connectivity index (χ2n) is 5.99. The first-order chi connectivity index (χ1) is 10.8. The molecule has 1 unspecified atom stereocenters. The average Bonchev–Trinajstić information content (AvgIpc) is 2.56. The first-order valence-electron chi connectivity index (χ1n) is 8.04. The van der Waals surface area contributed by atoms with Crippen LogP contribution in [0.2, 0.25) is 0 Å². The molecule has 1 N–H and O–H groups in total. The monoisotopic (exact) mass is 297 g/mol. The lowest BCUT2D eigenvalue weighted by Gasteiger charge is -2.31. The summed E-state index contributed by atoms with van der Waals surface area (Å²) in [5.41, 5.74) is 1.31. The smallest absolute Gasteiger partial charge is 0.244 e. The maximum Gasteiger partial charge on any atom is 0.244 e. The van der Waals surface area contributed by atoms with Gasteiger partial charge in [0.05, 0.1) is 6.20 Å². The van der Waals surface area contributed by atoms with Gasteiger partial charge in [-0.15, -0.1) is 5.10 Å². The third-order valence-corrected chi connectivity index (χ3v) is 4.07. The van der Waals surface area contributed by atoms with Crippen LogP contribution in [0.4, 0.5) is 11.8 Å². The Morgan fingerprint density at radius 1 is 1.27 bits per heavy atom. The fraction of sp³-hybridized carbons (Fsp3) is 0.471. The molecule has 3 rings (SSSR count). The topological polar surface area (TPSA) is 53.9 Å². The zero-order valence-corrected chi connectivity index (χ0v) is 13.1. The quantitative estimate of drug-likeness (QED) is 0.919. The summed E-state index contributed by atoms with van der Waals surface area (Å²) in [5.74, 6) is 2.27. The molecule has 0 amide bonds. The van der Waals surface area contributed by atoms with Crippen molar-refractivity contribution in [2.75, 3.05) is 29.9 Å². The van der Waals surface area contributed by atoms with E-state index in [9.17, 15) is 0 Å². The van der Waals surface area contributed by atoms with Crippen LogP contribution in [-0.4, -0.2) is 34.8 Å². The molecule has 22 heavy (non-hydrogen) atoms. The molecule has 1 aromatic carbocycles. The van der Waals surface area contributed by atoms with Gasteiger partial charge in [-0.1, -0.05) is 37.3 Å². The maximum absolute atomic E-state index is 4.60. The molecular formula is C17H23N5. The van der Waals surface area contributed by atoms with Gasteiger partial charge in [0, 0.05) is 19.6 Å². The lowest BCUT2D eigenvalue weighted by atomic mass is 10.0. The molecule has 2 aromatic rings. The van der Waals surface area contributed by atoms with Gasteiger partial charge in [-0.05, 0) is 30.7 Å². The molecule has 5 heteroatoms. The maximum atomic E-state index is 4.60. The van der Waals surface area contributed by atoms with Crippen molar-refractivity contribution in [2.45, 2.75) is 26.2 Å². The molecule has 0 spiro atoms. The van der Waals surface area contributed by atoms with Crippen LogP contribution in [0.1, 0.15) is 25.3 Å². The van der Waals surface area contributed by atoms with Crippen molar-refractivity contribution in [3.63, 3.8) is 0 Å². The summed E-state index contributed by atoms with van der Waals surface area (Å²) in [4.78, 5) is 6.91. The highest BCUT2D eigenvalue weighted by molar-refractivity contribution is 5.40. The minimum Gasteiger partial charge on any atom is -0.355 e.